The minimum Gasteiger partial charge on any atom is -0.351 e. The lowest BCUT2D eigenvalue weighted by molar-refractivity contribution is -0.119. The molecule has 0 saturated carbocycles. The SMILES string of the molecule is O=C(CNC(=O)c1ccccn1)NCC1=CCNCC1. The van der Waals surface area contributed by atoms with E-state index in [2.05, 4.69) is 27.0 Å². The Labute approximate surface area is 117 Å². The van der Waals surface area contributed by atoms with Gasteiger partial charge in [-0.25, -0.2) is 0 Å². The minimum absolute atomic E-state index is 0.0407. The lowest BCUT2D eigenvalue weighted by Crippen LogP contribution is -2.38. The molecule has 0 unspecified atom stereocenters. The van der Waals surface area contributed by atoms with E-state index in [1.165, 1.54) is 5.57 Å². The Morgan fingerprint density at radius 1 is 1.30 bits per heavy atom. The van der Waals surface area contributed by atoms with Gasteiger partial charge in [-0.1, -0.05) is 17.7 Å². The van der Waals surface area contributed by atoms with Crippen molar-refractivity contribution in [2.75, 3.05) is 26.2 Å². The van der Waals surface area contributed by atoms with Gasteiger partial charge < -0.3 is 16.0 Å². The van der Waals surface area contributed by atoms with Crippen LogP contribution in [0.3, 0.4) is 0 Å². The minimum atomic E-state index is -0.346. The van der Waals surface area contributed by atoms with Crippen LogP contribution >= 0.6 is 0 Å². The third-order valence-corrected chi connectivity index (χ3v) is 2.98. The monoisotopic (exact) mass is 274 g/mol. The molecule has 0 fully saturated rings. The van der Waals surface area contributed by atoms with Gasteiger partial charge in [-0.15, -0.1) is 0 Å². The topological polar surface area (TPSA) is 83.1 Å². The van der Waals surface area contributed by atoms with Crippen LogP contribution in [0.15, 0.2) is 36.0 Å². The molecule has 6 nitrogen and oxygen atoms in total. The summed E-state index contributed by atoms with van der Waals surface area (Å²) in [6, 6.07) is 5.06. The van der Waals surface area contributed by atoms with Crippen molar-refractivity contribution in [2.45, 2.75) is 6.42 Å². The zero-order valence-electron chi connectivity index (χ0n) is 11.2. The number of carbonyl (C=O) groups excluding carboxylic acids is 2. The van der Waals surface area contributed by atoms with Crippen LogP contribution < -0.4 is 16.0 Å². The maximum absolute atomic E-state index is 11.7. The Morgan fingerprint density at radius 3 is 2.90 bits per heavy atom. The van der Waals surface area contributed by atoms with Crippen LogP contribution in [0.2, 0.25) is 0 Å². The summed E-state index contributed by atoms with van der Waals surface area (Å²) in [6.45, 7) is 2.29. The Bertz CT molecular complexity index is 499. The van der Waals surface area contributed by atoms with E-state index in [-0.39, 0.29) is 18.4 Å². The maximum Gasteiger partial charge on any atom is 0.270 e. The average Bonchev–Trinajstić information content (AvgIpc) is 2.52. The molecule has 2 amide bonds. The predicted molar refractivity (Wildman–Crippen MR) is 75.1 cm³/mol. The van der Waals surface area contributed by atoms with Gasteiger partial charge in [-0.2, -0.15) is 0 Å². The summed E-state index contributed by atoms with van der Waals surface area (Å²) in [5.74, 6) is -0.546. The zero-order chi connectivity index (χ0) is 14.2. The van der Waals surface area contributed by atoms with E-state index in [4.69, 9.17) is 0 Å². The summed E-state index contributed by atoms with van der Waals surface area (Å²) < 4.78 is 0. The maximum atomic E-state index is 11.7. The van der Waals surface area contributed by atoms with Gasteiger partial charge in [0.2, 0.25) is 5.91 Å². The highest BCUT2D eigenvalue weighted by atomic mass is 16.2. The molecule has 1 aromatic rings. The molecule has 20 heavy (non-hydrogen) atoms. The zero-order valence-corrected chi connectivity index (χ0v) is 11.2. The molecule has 0 aromatic carbocycles. The molecule has 0 spiro atoms. The Morgan fingerprint density at radius 2 is 2.20 bits per heavy atom. The second-order valence-corrected chi connectivity index (χ2v) is 4.49. The van der Waals surface area contributed by atoms with Gasteiger partial charge >= 0.3 is 0 Å². The van der Waals surface area contributed by atoms with Crippen LogP contribution in [-0.4, -0.2) is 43.0 Å². The summed E-state index contributed by atoms with van der Waals surface area (Å²) in [4.78, 5) is 27.2. The van der Waals surface area contributed by atoms with Crippen molar-refractivity contribution < 1.29 is 9.59 Å². The van der Waals surface area contributed by atoms with Crippen molar-refractivity contribution in [3.8, 4) is 0 Å². The molecular formula is C14H18N4O2. The quantitative estimate of drug-likeness (QED) is 0.652. The molecule has 0 atom stereocenters. The molecule has 0 saturated heterocycles. The Hall–Kier alpha value is -2.21. The summed E-state index contributed by atoms with van der Waals surface area (Å²) in [5.41, 5.74) is 1.52. The fourth-order valence-electron chi connectivity index (χ4n) is 1.85. The Kier molecular flexibility index (Phi) is 5.25. The molecule has 2 heterocycles. The highest BCUT2D eigenvalue weighted by molar-refractivity contribution is 5.94. The lowest BCUT2D eigenvalue weighted by Gasteiger charge is -2.14. The predicted octanol–water partition coefficient (Wildman–Crippen LogP) is -0.153. The first-order valence-electron chi connectivity index (χ1n) is 6.60. The van der Waals surface area contributed by atoms with E-state index >= 15 is 0 Å². The largest absolute Gasteiger partial charge is 0.351 e. The second kappa shape index (κ2) is 7.40. The van der Waals surface area contributed by atoms with E-state index in [0.29, 0.717) is 12.2 Å². The van der Waals surface area contributed by atoms with E-state index in [1.807, 2.05) is 0 Å². The third kappa shape index (κ3) is 4.47. The van der Waals surface area contributed by atoms with Crippen molar-refractivity contribution in [2.24, 2.45) is 0 Å². The highest BCUT2D eigenvalue weighted by Gasteiger charge is 2.09. The smallest absolute Gasteiger partial charge is 0.270 e. The van der Waals surface area contributed by atoms with E-state index in [1.54, 1.807) is 24.4 Å². The second-order valence-electron chi connectivity index (χ2n) is 4.49. The van der Waals surface area contributed by atoms with E-state index in [0.717, 1.165) is 19.5 Å². The van der Waals surface area contributed by atoms with Gasteiger partial charge in [-0.3, -0.25) is 14.6 Å². The Balaban J connectivity index is 1.70. The average molecular weight is 274 g/mol. The van der Waals surface area contributed by atoms with Gasteiger partial charge in [0.1, 0.15) is 5.69 Å². The van der Waals surface area contributed by atoms with Gasteiger partial charge in [0.15, 0.2) is 0 Å². The van der Waals surface area contributed by atoms with Gasteiger partial charge in [0.05, 0.1) is 6.54 Å². The highest BCUT2D eigenvalue weighted by Crippen LogP contribution is 2.01. The summed E-state index contributed by atoms with van der Waals surface area (Å²) in [6.07, 6.45) is 4.56. The normalized spacial score (nSPS) is 14.3. The molecule has 3 N–H and O–H groups in total. The molecule has 0 aliphatic carbocycles. The van der Waals surface area contributed by atoms with Crippen LogP contribution in [0, 0.1) is 0 Å². The van der Waals surface area contributed by atoms with Crippen molar-refractivity contribution >= 4 is 11.8 Å². The fourth-order valence-corrected chi connectivity index (χ4v) is 1.85. The van der Waals surface area contributed by atoms with E-state index in [9.17, 15) is 9.59 Å². The number of hydrogen-bond acceptors (Lipinski definition) is 4. The number of amides is 2. The third-order valence-electron chi connectivity index (χ3n) is 2.98. The van der Waals surface area contributed by atoms with Crippen LogP contribution in [0.5, 0.6) is 0 Å². The van der Waals surface area contributed by atoms with Gasteiger partial charge in [-0.05, 0) is 25.1 Å². The molecule has 0 radical (unpaired) electrons. The van der Waals surface area contributed by atoms with Gasteiger partial charge in [0, 0.05) is 19.3 Å². The molecule has 106 valence electrons. The molecule has 1 aromatic heterocycles. The van der Waals surface area contributed by atoms with Crippen LogP contribution in [0.25, 0.3) is 0 Å². The van der Waals surface area contributed by atoms with Crippen LogP contribution in [0.1, 0.15) is 16.9 Å². The van der Waals surface area contributed by atoms with Crippen molar-refractivity contribution in [1.82, 2.24) is 20.9 Å². The first kappa shape index (κ1) is 14.2. The molecule has 0 bridgehead atoms. The number of pyridine rings is 1. The van der Waals surface area contributed by atoms with Crippen molar-refractivity contribution in [3.63, 3.8) is 0 Å². The summed E-state index contributed by atoms with van der Waals surface area (Å²) >= 11 is 0. The van der Waals surface area contributed by atoms with Crippen molar-refractivity contribution in [3.05, 3.63) is 41.7 Å². The van der Waals surface area contributed by atoms with Crippen LogP contribution in [-0.2, 0) is 4.79 Å². The number of rotatable bonds is 5. The van der Waals surface area contributed by atoms with E-state index < -0.39 is 0 Å². The van der Waals surface area contributed by atoms with Crippen LogP contribution in [0.4, 0.5) is 0 Å². The molecule has 1 aliphatic heterocycles. The lowest BCUT2D eigenvalue weighted by atomic mass is 10.1. The molecule has 6 heteroatoms. The number of aromatic nitrogens is 1. The van der Waals surface area contributed by atoms with Crippen molar-refractivity contribution in [1.29, 1.82) is 0 Å². The summed E-state index contributed by atoms with van der Waals surface area (Å²) in [5, 5.41) is 8.54. The fraction of sp³-hybridized carbons (Fsp3) is 0.357. The molecule has 1 aliphatic rings. The number of nitrogens with one attached hydrogen (secondary N) is 3. The first-order valence-corrected chi connectivity index (χ1v) is 6.60. The number of hydrogen-bond donors (Lipinski definition) is 3. The first-order chi connectivity index (χ1) is 9.75. The standard InChI is InChI=1S/C14H18N4O2/c19-13(17-9-11-4-7-15-8-5-11)10-18-14(20)12-3-1-2-6-16-12/h1-4,6,15H,5,7-10H2,(H,17,19)(H,18,20). The number of carbonyl (C=O) groups is 2. The number of nitrogens with zero attached hydrogens (tertiary/aromatic N) is 1. The molecular weight excluding hydrogens is 256 g/mol. The summed E-state index contributed by atoms with van der Waals surface area (Å²) in [7, 11) is 0. The van der Waals surface area contributed by atoms with Gasteiger partial charge in [0.25, 0.3) is 5.91 Å². The molecule has 2 rings (SSSR count).